The summed E-state index contributed by atoms with van der Waals surface area (Å²) in [6.07, 6.45) is 0. The molecule has 110 valence electrons. The van der Waals surface area contributed by atoms with Crippen molar-refractivity contribution in [3.8, 4) is 11.5 Å². The second-order valence-corrected chi connectivity index (χ2v) is 6.42. The quantitative estimate of drug-likeness (QED) is 0.762. The number of aromatic hydroxyl groups is 1. The molecular weight excluding hydrogens is 309 g/mol. The van der Waals surface area contributed by atoms with E-state index in [1.165, 1.54) is 0 Å². The second kappa shape index (κ2) is 5.00. The molecule has 21 heavy (non-hydrogen) atoms. The Morgan fingerprint density at radius 3 is 2.43 bits per heavy atom. The molecule has 2 aromatic rings. The van der Waals surface area contributed by atoms with Crippen LogP contribution in [0, 0.1) is 0 Å². The summed E-state index contributed by atoms with van der Waals surface area (Å²) < 4.78 is 5.99. The Morgan fingerprint density at radius 2 is 1.76 bits per heavy atom. The molecule has 1 heterocycles. The first kappa shape index (κ1) is 14.4. The first-order chi connectivity index (χ1) is 9.88. The van der Waals surface area contributed by atoms with Crippen molar-refractivity contribution in [2.24, 2.45) is 0 Å². The smallest absolute Gasteiger partial charge is 0.152 e. The molecule has 3 rings (SSSR count). The molecular formula is C16H15Cl2NO2. The maximum Gasteiger partial charge on any atom is 0.152 e. The highest BCUT2D eigenvalue weighted by Gasteiger charge is 2.41. The highest BCUT2D eigenvalue weighted by atomic mass is 35.5. The van der Waals surface area contributed by atoms with Gasteiger partial charge in [-0.2, -0.15) is 0 Å². The van der Waals surface area contributed by atoms with Crippen molar-refractivity contribution < 1.29 is 9.84 Å². The summed E-state index contributed by atoms with van der Waals surface area (Å²) in [5.74, 6) is 0.766. The number of hydrogen-bond acceptors (Lipinski definition) is 3. The number of anilines is 1. The molecule has 0 fully saturated rings. The van der Waals surface area contributed by atoms with Crippen LogP contribution in [0.25, 0.3) is 0 Å². The molecule has 1 aliphatic rings. The number of nitrogens with one attached hydrogen (secondary N) is 1. The van der Waals surface area contributed by atoms with Crippen LogP contribution in [0.3, 0.4) is 0 Å². The summed E-state index contributed by atoms with van der Waals surface area (Å²) in [6, 6.07) is 11.2. The summed E-state index contributed by atoms with van der Waals surface area (Å²) in [6.45, 7) is 4.04. The molecule has 2 N–H and O–H groups in total. The van der Waals surface area contributed by atoms with Crippen molar-refractivity contribution in [1.29, 1.82) is 0 Å². The number of halogens is 2. The summed E-state index contributed by atoms with van der Waals surface area (Å²) >= 11 is 11.9. The van der Waals surface area contributed by atoms with Crippen molar-refractivity contribution in [1.82, 2.24) is 0 Å². The largest absolute Gasteiger partial charge is 0.505 e. The molecule has 0 aliphatic carbocycles. The number of phenolic OH excluding ortho intramolecular Hbond substituents is 1. The van der Waals surface area contributed by atoms with Crippen molar-refractivity contribution in [3.63, 3.8) is 0 Å². The zero-order valence-electron chi connectivity index (χ0n) is 11.7. The SMILES string of the molecule is CC1(C)Oc2ccccc2C1Nc1cc(Cl)c(O)c(Cl)c1. The highest BCUT2D eigenvalue weighted by Crippen LogP contribution is 2.45. The van der Waals surface area contributed by atoms with Gasteiger partial charge in [0.25, 0.3) is 0 Å². The lowest BCUT2D eigenvalue weighted by molar-refractivity contribution is 0.118. The minimum absolute atomic E-state index is 0.0367. The van der Waals surface area contributed by atoms with Crippen LogP contribution >= 0.6 is 23.2 Å². The van der Waals surface area contributed by atoms with Gasteiger partial charge in [-0.1, -0.05) is 41.4 Å². The zero-order valence-corrected chi connectivity index (χ0v) is 13.2. The van der Waals surface area contributed by atoms with Crippen molar-refractivity contribution in [2.45, 2.75) is 25.5 Å². The maximum absolute atomic E-state index is 9.64. The zero-order chi connectivity index (χ0) is 15.2. The fraction of sp³-hybridized carbons (Fsp3) is 0.250. The first-order valence-corrected chi connectivity index (χ1v) is 7.36. The molecule has 0 saturated carbocycles. The number of phenols is 1. The number of fused-ring (bicyclic) bond motifs is 1. The van der Waals surface area contributed by atoms with Gasteiger partial charge in [0.1, 0.15) is 11.4 Å². The van der Waals surface area contributed by atoms with E-state index in [1.807, 2.05) is 38.1 Å². The molecule has 0 saturated heterocycles. The van der Waals surface area contributed by atoms with E-state index in [0.717, 1.165) is 17.0 Å². The molecule has 3 nitrogen and oxygen atoms in total. The molecule has 0 aromatic heterocycles. The van der Waals surface area contributed by atoms with E-state index in [2.05, 4.69) is 5.32 Å². The van der Waals surface area contributed by atoms with Crippen LogP contribution in [-0.2, 0) is 0 Å². The van der Waals surface area contributed by atoms with Crippen LogP contribution in [0.2, 0.25) is 10.0 Å². The van der Waals surface area contributed by atoms with Gasteiger partial charge in [-0.3, -0.25) is 0 Å². The third kappa shape index (κ3) is 2.52. The van der Waals surface area contributed by atoms with Crippen LogP contribution in [0.4, 0.5) is 5.69 Å². The van der Waals surface area contributed by atoms with Crippen molar-refractivity contribution in [2.75, 3.05) is 5.32 Å². The Hall–Kier alpha value is -1.58. The molecule has 0 spiro atoms. The van der Waals surface area contributed by atoms with Crippen molar-refractivity contribution in [3.05, 3.63) is 52.0 Å². The average Bonchev–Trinajstić information content (AvgIpc) is 2.67. The Bertz CT molecular complexity index is 677. The molecule has 1 unspecified atom stereocenters. The summed E-state index contributed by atoms with van der Waals surface area (Å²) in [7, 11) is 0. The fourth-order valence-corrected chi connectivity index (χ4v) is 3.08. The molecule has 5 heteroatoms. The van der Waals surface area contributed by atoms with E-state index in [1.54, 1.807) is 12.1 Å². The van der Waals surface area contributed by atoms with E-state index in [0.29, 0.717) is 0 Å². The van der Waals surface area contributed by atoms with Gasteiger partial charge in [-0.05, 0) is 32.0 Å². The standard InChI is InChI=1S/C16H15Cl2NO2/c1-16(2)15(10-5-3-4-6-13(10)21-16)19-9-7-11(17)14(20)12(18)8-9/h3-8,15,19-20H,1-2H3. The van der Waals surface area contributed by atoms with Gasteiger partial charge in [0.05, 0.1) is 16.1 Å². The lowest BCUT2D eigenvalue weighted by Gasteiger charge is -2.28. The number of rotatable bonds is 2. The molecule has 1 aliphatic heterocycles. The minimum atomic E-state index is -0.402. The van der Waals surface area contributed by atoms with Gasteiger partial charge in [0, 0.05) is 11.3 Å². The van der Waals surface area contributed by atoms with Gasteiger partial charge < -0.3 is 15.2 Å². The molecule has 0 radical (unpaired) electrons. The highest BCUT2D eigenvalue weighted by molar-refractivity contribution is 6.37. The summed E-state index contributed by atoms with van der Waals surface area (Å²) in [5, 5.41) is 13.5. The summed E-state index contributed by atoms with van der Waals surface area (Å²) in [5.41, 5.74) is 1.42. The topological polar surface area (TPSA) is 41.5 Å². The van der Waals surface area contributed by atoms with Gasteiger partial charge >= 0.3 is 0 Å². The van der Waals surface area contributed by atoms with Crippen LogP contribution in [0.5, 0.6) is 11.5 Å². The Kier molecular flexibility index (Phi) is 3.42. The Morgan fingerprint density at radius 1 is 1.14 bits per heavy atom. The van der Waals surface area contributed by atoms with Crippen LogP contribution in [0.15, 0.2) is 36.4 Å². The van der Waals surface area contributed by atoms with E-state index < -0.39 is 5.60 Å². The van der Waals surface area contributed by atoms with E-state index in [9.17, 15) is 5.11 Å². The van der Waals surface area contributed by atoms with Crippen molar-refractivity contribution >= 4 is 28.9 Å². The monoisotopic (exact) mass is 323 g/mol. The van der Waals surface area contributed by atoms with Gasteiger partial charge in [0.15, 0.2) is 5.75 Å². The predicted octanol–water partition coefficient (Wildman–Crippen LogP) is 5.02. The lowest BCUT2D eigenvalue weighted by Crippen LogP contribution is -2.34. The molecule has 0 amide bonds. The van der Waals surface area contributed by atoms with Gasteiger partial charge in [0.2, 0.25) is 0 Å². The lowest BCUT2D eigenvalue weighted by atomic mass is 9.94. The third-order valence-electron chi connectivity index (χ3n) is 3.63. The Labute approximate surface area is 133 Å². The predicted molar refractivity (Wildman–Crippen MR) is 85.6 cm³/mol. The maximum atomic E-state index is 9.64. The minimum Gasteiger partial charge on any atom is -0.505 e. The number of benzene rings is 2. The van der Waals surface area contributed by atoms with Crippen LogP contribution in [0.1, 0.15) is 25.5 Å². The number of ether oxygens (including phenoxy) is 1. The van der Waals surface area contributed by atoms with Gasteiger partial charge in [-0.25, -0.2) is 0 Å². The first-order valence-electron chi connectivity index (χ1n) is 6.61. The molecule has 2 aromatic carbocycles. The normalized spacial score (nSPS) is 19.0. The van der Waals surface area contributed by atoms with Crippen LogP contribution in [-0.4, -0.2) is 10.7 Å². The number of para-hydroxylation sites is 1. The third-order valence-corrected chi connectivity index (χ3v) is 4.20. The van der Waals surface area contributed by atoms with Crippen LogP contribution < -0.4 is 10.1 Å². The van der Waals surface area contributed by atoms with E-state index in [4.69, 9.17) is 27.9 Å². The Balaban J connectivity index is 1.97. The number of hydrogen-bond donors (Lipinski definition) is 2. The molecule has 0 bridgehead atoms. The summed E-state index contributed by atoms with van der Waals surface area (Å²) in [4.78, 5) is 0. The van der Waals surface area contributed by atoms with E-state index in [-0.39, 0.29) is 21.8 Å². The molecule has 1 atom stereocenters. The second-order valence-electron chi connectivity index (χ2n) is 5.61. The average molecular weight is 324 g/mol. The van der Waals surface area contributed by atoms with Gasteiger partial charge in [-0.15, -0.1) is 0 Å². The fourth-order valence-electron chi connectivity index (χ4n) is 2.60. The van der Waals surface area contributed by atoms with E-state index >= 15 is 0 Å².